The van der Waals surface area contributed by atoms with E-state index >= 15 is 0 Å². The molecular weight excluding hydrogens is 284 g/mol. The molecule has 0 aliphatic carbocycles. The SMILES string of the molecule is NC(=O)C(CCC(=O)O)N1Cc2c(Cl)cccc2C1=O. The number of rotatable bonds is 5. The Morgan fingerprint density at radius 2 is 2.15 bits per heavy atom. The van der Waals surface area contributed by atoms with Crippen molar-refractivity contribution in [1.82, 2.24) is 4.90 Å². The fraction of sp³-hybridized carbons (Fsp3) is 0.308. The maximum atomic E-state index is 12.3. The number of hydrogen-bond acceptors (Lipinski definition) is 3. The van der Waals surface area contributed by atoms with Gasteiger partial charge in [-0.25, -0.2) is 0 Å². The van der Waals surface area contributed by atoms with Gasteiger partial charge in [-0.05, 0) is 18.6 Å². The second kappa shape index (κ2) is 5.50. The van der Waals surface area contributed by atoms with Gasteiger partial charge < -0.3 is 15.7 Å². The van der Waals surface area contributed by atoms with E-state index in [0.717, 1.165) is 0 Å². The first-order valence-electron chi connectivity index (χ1n) is 6.01. The lowest BCUT2D eigenvalue weighted by Crippen LogP contribution is -2.45. The molecule has 0 aromatic heterocycles. The van der Waals surface area contributed by atoms with Gasteiger partial charge in [0.05, 0.1) is 0 Å². The molecule has 2 rings (SSSR count). The molecule has 7 heteroatoms. The highest BCUT2D eigenvalue weighted by Crippen LogP contribution is 2.31. The summed E-state index contributed by atoms with van der Waals surface area (Å²) in [4.78, 5) is 35.6. The number of halogens is 1. The van der Waals surface area contributed by atoms with Gasteiger partial charge in [-0.1, -0.05) is 17.7 Å². The van der Waals surface area contributed by atoms with E-state index in [-0.39, 0.29) is 25.3 Å². The van der Waals surface area contributed by atoms with Crippen molar-refractivity contribution in [2.45, 2.75) is 25.4 Å². The molecule has 2 amide bonds. The summed E-state index contributed by atoms with van der Waals surface area (Å²) >= 11 is 6.02. The first kappa shape index (κ1) is 14.3. The first-order chi connectivity index (χ1) is 9.41. The van der Waals surface area contributed by atoms with Crippen molar-refractivity contribution >= 4 is 29.4 Å². The number of carboxylic acids is 1. The molecule has 0 radical (unpaired) electrons. The normalized spacial score (nSPS) is 15.1. The summed E-state index contributed by atoms with van der Waals surface area (Å²) in [5.74, 6) is -2.11. The lowest BCUT2D eigenvalue weighted by Gasteiger charge is -2.24. The molecule has 3 N–H and O–H groups in total. The molecular formula is C13H13ClN2O4. The van der Waals surface area contributed by atoms with Crippen LogP contribution in [0.5, 0.6) is 0 Å². The van der Waals surface area contributed by atoms with Crippen molar-refractivity contribution in [3.05, 3.63) is 34.3 Å². The Morgan fingerprint density at radius 3 is 2.70 bits per heavy atom. The van der Waals surface area contributed by atoms with Crippen LogP contribution >= 0.6 is 11.6 Å². The summed E-state index contributed by atoms with van der Waals surface area (Å²) < 4.78 is 0. The number of benzene rings is 1. The van der Waals surface area contributed by atoms with Crippen molar-refractivity contribution in [3.8, 4) is 0 Å². The Labute approximate surface area is 120 Å². The van der Waals surface area contributed by atoms with Crippen LogP contribution in [0.15, 0.2) is 18.2 Å². The summed E-state index contributed by atoms with van der Waals surface area (Å²) in [6, 6.07) is 3.99. The minimum atomic E-state index is -1.04. The van der Waals surface area contributed by atoms with E-state index in [2.05, 4.69) is 0 Å². The lowest BCUT2D eigenvalue weighted by molar-refractivity contribution is -0.137. The smallest absolute Gasteiger partial charge is 0.303 e. The van der Waals surface area contributed by atoms with Crippen molar-refractivity contribution in [2.75, 3.05) is 0 Å². The molecule has 0 fully saturated rings. The molecule has 1 aliphatic heterocycles. The first-order valence-corrected chi connectivity index (χ1v) is 6.39. The quantitative estimate of drug-likeness (QED) is 0.847. The van der Waals surface area contributed by atoms with Gasteiger partial charge >= 0.3 is 5.97 Å². The highest BCUT2D eigenvalue weighted by atomic mass is 35.5. The van der Waals surface area contributed by atoms with E-state index in [1.165, 1.54) is 4.90 Å². The molecule has 106 valence electrons. The molecule has 1 heterocycles. The lowest BCUT2D eigenvalue weighted by atomic mass is 10.1. The number of primary amides is 1. The van der Waals surface area contributed by atoms with Gasteiger partial charge in [0.15, 0.2) is 0 Å². The van der Waals surface area contributed by atoms with Crippen LogP contribution in [0.2, 0.25) is 5.02 Å². The number of hydrogen-bond donors (Lipinski definition) is 2. The van der Waals surface area contributed by atoms with E-state index in [1.807, 2.05) is 0 Å². The highest BCUT2D eigenvalue weighted by molar-refractivity contribution is 6.32. The van der Waals surface area contributed by atoms with E-state index < -0.39 is 17.9 Å². The van der Waals surface area contributed by atoms with E-state index in [9.17, 15) is 14.4 Å². The number of carbonyl (C=O) groups excluding carboxylic acids is 2. The predicted molar refractivity (Wildman–Crippen MR) is 71.2 cm³/mol. The van der Waals surface area contributed by atoms with Gasteiger partial charge in [0.25, 0.3) is 5.91 Å². The van der Waals surface area contributed by atoms with Gasteiger partial charge in [-0.15, -0.1) is 0 Å². The van der Waals surface area contributed by atoms with Crippen LogP contribution in [0.4, 0.5) is 0 Å². The summed E-state index contributed by atoms with van der Waals surface area (Å²) in [5, 5.41) is 9.14. The molecule has 0 saturated heterocycles. The highest BCUT2D eigenvalue weighted by Gasteiger charge is 2.36. The Morgan fingerprint density at radius 1 is 1.45 bits per heavy atom. The predicted octanol–water partition coefficient (Wildman–Crippen LogP) is 1.01. The molecule has 1 aliphatic rings. The van der Waals surface area contributed by atoms with E-state index in [1.54, 1.807) is 18.2 Å². The molecule has 1 aromatic rings. The van der Waals surface area contributed by atoms with Crippen LogP contribution in [-0.2, 0) is 16.1 Å². The minimum absolute atomic E-state index is 0.0119. The zero-order valence-corrected chi connectivity index (χ0v) is 11.3. The second-order valence-corrected chi connectivity index (χ2v) is 4.96. The third-order valence-corrected chi connectivity index (χ3v) is 3.63. The summed E-state index contributed by atoms with van der Waals surface area (Å²) in [6.45, 7) is 0.168. The standard InChI is InChI=1S/C13H13ClN2O4/c14-9-3-1-2-7-8(9)6-16(13(7)20)10(12(15)19)4-5-11(17)18/h1-3,10H,4-6H2,(H2,15,19)(H,17,18). The Kier molecular flexibility index (Phi) is 3.94. The molecule has 1 aromatic carbocycles. The number of nitrogens with two attached hydrogens (primary N) is 1. The average Bonchev–Trinajstić information content (AvgIpc) is 2.69. The van der Waals surface area contributed by atoms with Crippen LogP contribution < -0.4 is 5.73 Å². The van der Waals surface area contributed by atoms with Gasteiger partial charge in [0, 0.05) is 29.1 Å². The fourth-order valence-electron chi connectivity index (χ4n) is 2.28. The number of carboxylic acid groups (broad SMARTS) is 1. The van der Waals surface area contributed by atoms with Gasteiger partial charge in [0.2, 0.25) is 5.91 Å². The fourth-order valence-corrected chi connectivity index (χ4v) is 2.51. The van der Waals surface area contributed by atoms with Crippen LogP contribution in [0.25, 0.3) is 0 Å². The van der Waals surface area contributed by atoms with Crippen LogP contribution in [0.1, 0.15) is 28.8 Å². The molecule has 0 bridgehead atoms. The number of nitrogens with zero attached hydrogens (tertiary/aromatic N) is 1. The zero-order valence-electron chi connectivity index (χ0n) is 10.5. The van der Waals surface area contributed by atoms with Crippen molar-refractivity contribution in [2.24, 2.45) is 5.73 Å². The summed E-state index contributed by atoms with van der Waals surface area (Å²) in [5.41, 5.74) is 6.35. The maximum Gasteiger partial charge on any atom is 0.303 e. The number of fused-ring (bicyclic) bond motifs is 1. The number of carbonyl (C=O) groups is 3. The number of amides is 2. The third kappa shape index (κ3) is 2.60. The van der Waals surface area contributed by atoms with E-state index in [4.69, 9.17) is 22.4 Å². The van der Waals surface area contributed by atoms with Crippen molar-refractivity contribution < 1.29 is 19.5 Å². The molecule has 20 heavy (non-hydrogen) atoms. The van der Waals surface area contributed by atoms with Crippen LogP contribution in [0.3, 0.4) is 0 Å². The average molecular weight is 297 g/mol. The number of aliphatic carboxylic acids is 1. The van der Waals surface area contributed by atoms with Crippen molar-refractivity contribution in [3.63, 3.8) is 0 Å². The Balaban J connectivity index is 2.25. The monoisotopic (exact) mass is 296 g/mol. The third-order valence-electron chi connectivity index (χ3n) is 3.27. The van der Waals surface area contributed by atoms with Gasteiger partial charge in [-0.2, -0.15) is 0 Å². The topological polar surface area (TPSA) is 101 Å². The summed E-state index contributed by atoms with van der Waals surface area (Å²) in [6.07, 6.45) is -0.247. The van der Waals surface area contributed by atoms with Gasteiger partial charge in [0.1, 0.15) is 6.04 Å². The maximum absolute atomic E-state index is 12.3. The molecule has 6 nitrogen and oxygen atoms in total. The van der Waals surface area contributed by atoms with Crippen LogP contribution in [-0.4, -0.2) is 33.8 Å². The molecule has 0 spiro atoms. The molecule has 1 unspecified atom stereocenters. The largest absolute Gasteiger partial charge is 0.481 e. The Bertz CT molecular complexity index is 588. The zero-order chi connectivity index (χ0) is 14.9. The second-order valence-electron chi connectivity index (χ2n) is 4.55. The van der Waals surface area contributed by atoms with Gasteiger partial charge in [-0.3, -0.25) is 14.4 Å². The van der Waals surface area contributed by atoms with Crippen LogP contribution in [0, 0.1) is 0 Å². The van der Waals surface area contributed by atoms with Crippen molar-refractivity contribution in [1.29, 1.82) is 0 Å². The molecule has 1 atom stereocenters. The summed E-state index contributed by atoms with van der Waals surface area (Å²) in [7, 11) is 0. The minimum Gasteiger partial charge on any atom is -0.481 e. The molecule has 0 saturated carbocycles. The Hall–Kier alpha value is -2.08. The van der Waals surface area contributed by atoms with E-state index in [0.29, 0.717) is 16.1 Å².